The summed E-state index contributed by atoms with van der Waals surface area (Å²) in [6.45, 7) is 0.828. The van der Waals surface area contributed by atoms with Gasteiger partial charge in [0.1, 0.15) is 5.01 Å². The van der Waals surface area contributed by atoms with Crippen LogP contribution in [0, 0.1) is 5.82 Å². The van der Waals surface area contributed by atoms with Crippen molar-refractivity contribution in [2.24, 2.45) is 0 Å². The lowest BCUT2D eigenvalue weighted by molar-refractivity contribution is 0.625. The maximum absolute atomic E-state index is 13.5. The van der Waals surface area contributed by atoms with Gasteiger partial charge in [0.25, 0.3) is 0 Å². The number of aromatic nitrogens is 2. The van der Waals surface area contributed by atoms with E-state index in [0.29, 0.717) is 11.6 Å². The molecule has 0 saturated heterocycles. The number of nitrogens with zero attached hydrogens (tertiary/aromatic N) is 2. The van der Waals surface area contributed by atoms with E-state index in [1.165, 1.54) is 30.4 Å². The number of hydrogen-bond donors (Lipinski definition) is 1. The number of nitrogens with one attached hydrogen (secondary N) is 1. The van der Waals surface area contributed by atoms with Crippen LogP contribution in [-0.4, -0.2) is 16.0 Å². The summed E-state index contributed by atoms with van der Waals surface area (Å²) in [5.41, 5.74) is 0.530. The van der Waals surface area contributed by atoms with Gasteiger partial charge >= 0.3 is 0 Å². The molecule has 1 fully saturated rings. The molecule has 2 aromatic heterocycles. The molecule has 0 aliphatic heterocycles. The first-order valence-corrected chi connectivity index (χ1v) is 6.42. The van der Waals surface area contributed by atoms with Crippen molar-refractivity contribution < 1.29 is 4.39 Å². The number of halogens is 1. The van der Waals surface area contributed by atoms with E-state index in [-0.39, 0.29) is 5.82 Å². The summed E-state index contributed by atoms with van der Waals surface area (Å²) >= 11 is 1.53. The predicted octanol–water partition coefficient (Wildman–Crippen LogP) is 2.60. The Balaban J connectivity index is 1.77. The minimum absolute atomic E-state index is 0.316. The van der Waals surface area contributed by atoms with Crippen molar-refractivity contribution >= 4 is 11.3 Å². The second kappa shape index (κ2) is 4.50. The van der Waals surface area contributed by atoms with E-state index in [0.717, 1.165) is 16.4 Å². The molecule has 0 amide bonds. The summed E-state index contributed by atoms with van der Waals surface area (Å²) in [5, 5.41) is 4.14. The molecule has 2 heterocycles. The Labute approximate surface area is 103 Å². The van der Waals surface area contributed by atoms with E-state index >= 15 is 0 Å². The third kappa shape index (κ3) is 2.50. The Morgan fingerprint density at radius 2 is 2.29 bits per heavy atom. The zero-order valence-electron chi connectivity index (χ0n) is 9.19. The zero-order chi connectivity index (χ0) is 11.7. The van der Waals surface area contributed by atoms with Crippen molar-refractivity contribution in [1.29, 1.82) is 0 Å². The van der Waals surface area contributed by atoms with Crippen LogP contribution in [0.2, 0.25) is 0 Å². The standard InChI is InChI=1S/C12H12FN3S/c13-11-7-14-4-3-10(11)12-16-6-9(17-12)5-15-8-1-2-8/h3-4,6-8,15H,1-2,5H2. The highest BCUT2D eigenvalue weighted by atomic mass is 32.1. The molecule has 0 spiro atoms. The molecule has 0 unspecified atom stereocenters. The number of pyridine rings is 1. The maximum atomic E-state index is 13.5. The maximum Gasteiger partial charge on any atom is 0.151 e. The van der Waals surface area contributed by atoms with Crippen molar-refractivity contribution in [2.75, 3.05) is 0 Å². The van der Waals surface area contributed by atoms with Crippen LogP contribution in [0.25, 0.3) is 10.6 Å². The Morgan fingerprint density at radius 3 is 3.06 bits per heavy atom. The second-order valence-electron chi connectivity index (χ2n) is 4.14. The van der Waals surface area contributed by atoms with Gasteiger partial charge in [-0.05, 0) is 18.9 Å². The molecule has 88 valence electrons. The molecule has 2 aromatic rings. The molecule has 3 rings (SSSR count). The molecule has 1 N–H and O–H groups in total. The van der Waals surface area contributed by atoms with Gasteiger partial charge in [0.15, 0.2) is 5.82 Å². The first kappa shape index (κ1) is 10.8. The minimum Gasteiger partial charge on any atom is -0.309 e. The van der Waals surface area contributed by atoms with Gasteiger partial charge < -0.3 is 5.32 Å². The van der Waals surface area contributed by atoms with Crippen molar-refractivity contribution in [3.63, 3.8) is 0 Å². The molecule has 1 aliphatic carbocycles. The fourth-order valence-electron chi connectivity index (χ4n) is 1.59. The molecule has 3 nitrogen and oxygen atoms in total. The Morgan fingerprint density at radius 1 is 1.41 bits per heavy atom. The lowest BCUT2D eigenvalue weighted by Crippen LogP contribution is -2.14. The summed E-state index contributed by atoms with van der Waals surface area (Å²) in [6.07, 6.45) is 7.16. The van der Waals surface area contributed by atoms with Gasteiger partial charge in [0.05, 0.1) is 6.20 Å². The molecule has 1 aliphatic rings. The topological polar surface area (TPSA) is 37.8 Å². The average molecular weight is 249 g/mol. The summed E-state index contributed by atoms with van der Waals surface area (Å²) in [5.74, 6) is -0.316. The smallest absolute Gasteiger partial charge is 0.151 e. The largest absolute Gasteiger partial charge is 0.309 e. The summed E-state index contributed by atoms with van der Waals surface area (Å²) in [7, 11) is 0. The fourth-order valence-corrected chi connectivity index (χ4v) is 2.48. The summed E-state index contributed by atoms with van der Waals surface area (Å²) in [4.78, 5) is 9.13. The van der Waals surface area contributed by atoms with Crippen LogP contribution < -0.4 is 5.32 Å². The highest BCUT2D eigenvalue weighted by Gasteiger charge is 2.20. The first-order valence-electron chi connectivity index (χ1n) is 5.61. The van der Waals surface area contributed by atoms with Crippen molar-refractivity contribution in [3.8, 4) is 10.6 Å². The van der Waals surface area contributed by atoms with Gasteiger partial charge in [-0.1, -0.05) is 0 Å². The number of hydrogen-bond acceptors (Lipinski definition) is 4. The quantitative estimate of drug-likeness (QED) is 0.905. The van der Waals surface area contributed by atoms with E-state index in [9.17, 15) is 4.39 Å². The van der Waals surface area contributed by atoms with E-state index in [2.05, 4.69) is 15.3 Å². The van der Waals surface area contributed by atoms with Crippen LogP contribution in [0.1, 0.15) is 17.7 Å². The molecule has 0 aromatic carbocycles. The van der Waals surface area contributed by atoms with Crippen LogP contribution in [0.3, 0.4) is 0 Å². The van der Waals surface area contributed by atoms with Gasteiger partial charge in [-0.15, -0.1) is 11.3 Å². The lowest BCUT2D eigenvalue weighted by atomic mass is 10.3. The van der Waals surface area contributed by atoms with Crippen LogP contribution >= 0.6 is 11.3 Å². The summed E-state index contributed by atoms with van der Waals surface area (Å²) < 4.78 is 13.5. The highest BCUT2D eigenvalue weighted by molar-refractivity contribution is 7.15. The van der Waals surface area contributed by atoms with E-state index in [4.69, 9.17) is 0 Å². The normalized spacial score (nSPS) is 15.1. The van der Waals surface area contributed by atoms with Crippen LogP contribution in [0.5, 0.6) is 0 Å². The Bertz CT molecular complexity index is 522. The van der Waals surface area contributed by atoms with Gasteiger partial charge in [0, 0.05) is 35.4 Å². The fraction of sp³-hybridized carbons (Fsp3) is 0.333. The SMILES string of the molecule is Fc1cnccc1-c1ncc(CNC2CC2)s1. The first-order chi connectivity index (χ1) is 8.33. The predicted molar refractivity (Wildman–Crippen MR) is 65.2 cm³/mol. The Kier molecular flexibility index (Phi) is 2.86. The lowest BCUT2D eigenvalue weighted by Gasteiger charge is -1.98. The van der Waals surface area contributed by atoms with Crippen molar-refractivity contribution in [3.05, 3.63) is 35.4 Å². The van der Waals surface area contributed by atoms with E-state index in [1.54, 1.807) is 12.3 Å². The third-order valence-electron chi connectivity index (χ3n) is 2.70. The molecule has 0 bridgehead atoms. The monoisotopic (exact) mass is 249 g/mol. The molecule has 0 radical (unpaired) electrons. The summed E-state index contributed by atoms with van der Waals surface area (Å²) in [6, 6.07) is 2.34. The number of thiazole rings is 1. The molecule has 1 saturated carbocycles. The van der Waals surface area contributed by atoms with Crippen LogP contribution in [0.4, 0.5) is 4.39 Å². The highest BCUT2D eigenvalue weighted by Crippen LogP contribution is 2.27. The van der Waals surface area contributed by atoms with Crippen LogP contribution in [-0.2, 0) is 6.54 Å². The average Bonchev–Trinajstić information content (AvgIpc) is 3.06. The molecule has 5 heteroatoms. The van der Waals surface area contributed by atoms with Gasteiger partial charge in [0.2, 0.25) is 0 Å². The van der Waals surface area contributed by atoms with Crippen molar-refractivity contribution in [2.45, 2.75) is 25.4 Å². The molecular weight excluding hydrogens is 237 g/mol. The Hall–Kier alpha value is -1.33. The van der Waals surface area contributed by atoms with Gasteiger partial charge in [-0.3, -0.25) is 4.98 Å². The molecule has 0 atom stereocenters. The van der Waals surface area contributed by atoms with Gasteiger partial charge in [-0.2, -0.15) is 0 Å². The molecular formula is C12H12FN3S. The molecule has 17 heavy (non-hydrogen) atoms. The number of rotatable bonds is 4. The van der Waals surface area contributed by atoms with Crippen molar-refractivity contribution in [1.82, 2.24) is 15.3 Å². The van der Waals surface area contributed by atoms with E-state index in [1.807, 2.05) is 6.20 Å². The van der Waals surface area contributed by atoms with Gasteiger partial charge in [-0.25, -0.2) is 9.37 Å². The van der Waals surface area contributed by atoms with E-state index < -0.39 is 0 Å². The zero-order valence-corrected chi connectivity index (χ0v) is 10.0. The van der Waals surface area contributed by atoms with Crippen LogP contribution in [0.15, 0.2) is 24.7 Å². The second-order valence-corrected chi connectivity index (χ2v) is 5.26. The third-order valence-corrected chi connectivity index (χ3v) is 3.73. The minimum atomic E-state index is -0.316.